The lowest BCUT2D eigenvalue weighted by Gasteiger charge is -2.42. The van der Waals surface area contributed by atoms with Gasteiger partial charge in [-0.3, -0.25) is 39.1 Å². The third kappa shape index (κ3) is 8.79. The van der Waals surface area contributed by atoms with E-state index < -0.39 is 65.5 Å². The Morgan fingerprint density at radius 3 is 2.45 bits per heavy atom. The molecule has 2 N–H and O–H groups in total. The summed E-state index contributed by atoms with van der Waals surface area (Å²) in [6.07, 6.45) is -4.09. The molecule has 3 aliphatic heterocycles. The number of aromatic nitrogens is 3. The van der Waals surface area contributed by atoms with Crippen molar-refractivity contribution in [3.63, 3.8) is 0 Å². The number of halogens is 6. The van der Waals surface area contributed by atoms with E-state index in [-0.39, 0.29) is 54.6 Å². The Bertz CT molecular complexity index is 2320. The minimum Gasteiger partial charge on any atom is -0.331 e. The first-order chi connectivity index (χ1) is 29.2. The number of nitrogens with one attached hydrogen (secondary N) is 2. The number of piperazine rings is 1. The molecule has 1 aromatic carbocycles. The summed E-state index contributed by atoms with van der Waals surface area (Å²) in [5.74, 6) is -1.00. The van der Waals surface area contributed by atoms with Gasteiger partial charge in [0.15, 0.2) is 16.6 Å². The predicted octanol–water partition coefficient (Wildman–Crippen LogP) is 5.54. The Labute approximate surface area is 357 Å². The molecule has 5 amide bonds. The summed E-state index contributed by atoms with van der Waals surface area (Å²) < 4.78 is 86.0. The van der Waals surface area contributed by atoms with Gasteiger partial charge in [0, 0.05) is 51.1 Å². The van der Waals surface area contributed by atoms with Crippen LogP contribution in [0.2, 0.25) is 0 Å². The number of nitriles is 1. The van der Waals surface area contributed by atoms with Gasteiger partial charge in [-0.05, 0) is 95.3 Å². The van der Waals surface area contributed by atoms with Crippen molar-refractivity contribution in [2.24, 2.45) is 13.0 Å². The van der Waals surface area contributed by atoms with Gasteiger partial charge >= 0.3 is 18.4 Å². The van der Waals surface area contributed by atoms with Crippen LogP contribution >= 0.6 is 12.2 Å². The molecule has 0 spiro atoms. The lowest BCUT2D eigenvalue weighted by atomic mass is 9.82. The van der Waals surface area contributed by atoms with Crippen molar-refractivity contribution >= 4 is 69.2 Å². The summed E-state index contributed by atoms with van der Waals surface area (Å²) in [6.45, 7) is 3.43. The highest BCUT2D eigenvalue weighted by Crippen LogP contribution is 2.41. The average molecular weight is 890 g/mol. The summed E-state index contributed by atoms with van der Waals surface area (Å²) in [7, 11) is 1.61. The highest BCUT2D eigenvalue weighted by Gasteiger charge is 2.53. The normalized spacial score (nSPS) is 23.0. The number of para-hydroxylation sites is 1. The number of nitrogens with zero attached hydrogens (tertiary/aromatic N) is 9. The van der Waals surface area contributed by atoms with Crippen molar-refractivity contribution in [3.8, 4) is 6.07 Å². The number of anilines is 3. The summed E-state index contributed by atoms with van der Waals surface area (Å²) in [5, 5.41) is 19.2. The Kier molecular flexibility index (Phi) is 12.3. The van der Waals surface area contributed by atoms with Crippen LogP contribution in [0.25, 0.3) is 10.9 Å². The number of thiocarbonyl (C=S) groups is 1. The van der Waals surface area contributed by atoms with Gasteiger partial charge in [-0.1, -0.05) is 6.07 Å². The van der Waals surface area contributed by atoms with Crippen LogP contribution in [0.5, 0.6) is 0 Å². The first kappa shape index (κ1) is 44.6. The second kappa shape index (κ2) is 17.0. The van der Waals surface area contributed by atoms with E-state index in [1.54, 1.807) is 48.9 Å². The number of fused-ring (bicyclic) bond motifs is 1. The number of amides is 5. The van der Waals surface area contributed by atoms with Gasteiger partial charge in [-0.25, -0.2) is 9.78 Å². The number of benzene rings is 1. The van der Waals surface area contributed by atoms with Crippen LogP contribution in [0, 0.1) is 17.2 Å². The Morgan fingerprint density at radius 2 is 1.79 bits per heavy atom. The molecule has 3 saturated heterocycles. The minimum absolute atomic E-state index is 0.0167. The van der Waals surface area contributed by atoms with E-state index in [0.717, 1.165) is 35.3 Å². The highest BCUT2D eigenvalue weighted by atomic mass is 32.1. The van der Waals surface area contributed by atoms with E-state index in [4.69, 9.17) is 17.5 Å². The molecule has 1 unspecified atom stereocenters. The van der Waals surface area contributed by atoms with Crippen LogP contribution in [-0.2, 0) is 27.6 Å². The fourth-order valence-electron chi connectivity index (χ4n) is 9.17. The summed E-state index contributed by atoms with van der Waals surface area (Å²) in [5.41, 5.74) is -2.63. The van der Waals surface area contributed by atoms with Crippen LogP contribution in [0.1, 0.15) is 70.1 Å². The van der Waals surface area contributed by atoms with Crippen LogP contribution in [0.3, 0.4) is 0 Å². The third-order valence-electron chi connectivity index (χ3n) is 12.3. The third-order valence-corrected chi connectivity index (χ3v) is 12.6. The molecule has 62 heavy (non-hydrogen) atoms. The zero-order valence-corrected chi connectivity index (χ0v) is 35.0. The van der Waals surface area contributed by atoms with E-state index in [0.29, 0.717) is 55.0 Å². The molecular weight excluding hydrogens is 845 g/mol. The molecule has 7 rings (SSSR count). The van der Waals surface area contributed by atoms with Gasteiger partial charge in [-0.15, -0.1) is 0 Å². The molecule has 1 atom stereocenters. The van der Waals surface area contributed by atoms with Gasteiger partial charge < -0.3 is 15.1 Å². The Balaban J connectivity index is 0.910. The summed E-state index contributed by atoms with van der Waals surface area (Å²) in [6, 6.07) is 4.42. The van der Waals surface area contributed by atoms with Gasteiger partial charge in [0.1, 0.15) is 17.6 Å². The van der Waals surface area contributed by atoms with Crippen molar-refractivity contribution in [2.45, 2.75) is 88.8 Å². The Morgan fingerprint density at radius 1 is 1.06 bits per heavy atom. The number of hydrogen-bond donors (Lipinski definition) is 2. The van der Waals surface area contributed by atoms with Gasteiger partial charge in [-0.2, -0.15) is 36.7 Å². The monoisotopic (exact) mass is 889 g/mol. The molecule has 4 aliphatic rings. The van der Waals surface area contributed by atoms with Crippen molar-refractivity contribution in [2.75, 3.05) is 54.4 Å². The molecule has 15 nitrogen and oxygen atoms in total. The molecule has 1 saturated carbocycles. The number of carbonyl (C=O) groups is 4. The summed E-state index contributed by atoms with van der Waals surface area (Å²) in [4.78, 5) is 61.8. The van der Waals surface area contributed by atoms with Crippen molar-refractivity contribution in [3.05, 3.63) is 41.7 Å². The van der Waals surface area contributed by atoms with Gasteiger partial charge in [0.2, 0.25) is 11.8 Å². The molecular formula is C40H45F6N11O4S. The van der Waals surface area contributed by atoms with Crippen LogP contribution in [0.4, 0.5) is 48.3 Å². The zero-order valence-electron chi connectivity index (χ0n) is 34.1. The predicted molar refractivity (Wildman–Crippen MR) is 218 cm³/mol. The lowest BCUT2D eigenvalue weighted by Crippen LogP contribution is -2.60. The van der Waals surface area contributed by atoms with Crippen molar-refractivity contribution in [1.82, 2.24) is 34.8 Å². The number of pyridine rings is 1. The zero-order chi connectivity index (χ0) is 44.9. The maximum atomic E-state index is 14.5. The van der Waals surface area contributed by atoms with Crippen LogP contribution in [-0.4, -0.2) is 121 Å². The van der Waals surface area contributed by atoms with Gasteiger partial charge in [0.05, 0.1) is 35.2 Å². The topological polar surface area (TPSA) is 163 Å². The molecule has 5 heterocycles. The maximum Gasteiger partial charge on any atom is 0.419 e. The largest absolute Gasteiger partial charge is 0.419 e. The first-order valence-electron chi connectivity index (χ1n) is 20.2. The van der Waals surface area contributed by atoms with E-state index in [2.05, 4.69) is 20.7 Å². The summed E-state index contributed by atoms with van der Waals surface area (Å²) >= 11 is 5.69. The molecule has 2 aromatic heterocycles. The van der Waals surface area contributed by atoms with Crippen molar-refractivity contribution in [1.29, 1.82) is 5.26 Å². The number of carbonyl (C=O) groups excluding carboxylic acids is 4. The fraction of sp³-hybridized carbons (Fsp3) is 0.550. The lowest BCUT2D eigenvalue weighted by molar-refractivity contribution is -0.197. The molecule has 4 fully saturated rings. The minimum atomic E-state index is -4.87. The quantitative estimate of drug-likeness (QED) is 0.194. The second-order valence-electron chi connectivity index (χ2n) is 16.6. The number of rotatable bonds is 10. The first-order valence-corrected chi connectivity index (χ1v) is 20.6. The number of aryl methyl sites for hydroxylation is 1. The Hall–Kier alpha value is -5.40. The molecule has 332 valence electrons. The molecule has 3 aromatic rings. The highest BCUT2D eigenvalue weighted by molar-refractivity contribution is 7.80. The maximum absolute atomic E-state index is 14.5. The van der Waals surface area contributed by atoms with Crippen LogP contribution < -0.4 is 20.4 Å². The number of hydrogen-bond acceptors (Lipinski definition) is 10. The molecule has 0 bridgehead atoms. The fourth-order valence-corrected chi connectivity index (χ4v) is 9.73. The average Bonchev–Trinajstić information content (AvgIpc) is 3.63. The van der Waals surface area contributed by atoms with Crippen molar-refractivity contribution < 1.29 is 45.5 Å². The standard InChI is InChI=1S/C40H45F6N11O4S/c1-38(2)35(60)56(25-18-27(39(41,42)43)29(19-47)48-20-25)37(62)57(38)24-11-9-23(10-12-24)6-5-14-53-16-17-54(30(21-53)40(44,45)46)22-32(59)49-28-8-4-7-26-33(28)52(3)51-34(26)55-15-13-31(58)50-36(55)61/h4,7-8,18,20,23-24,30H,5-6,9-17,21-22H2,1-3H3,(H,49,59)(H,50,58,61). The van der Waals surface area contributed by atoms with Gasteiger partial charge in [0.25, 0.3) is 5.91 Å². The van der Waals surface area contributed by atoms with Crippen LogP contribution in [0.15, 0.2) is 30.5 Å². The molecule has 0 radical (unpaired) electrons. The number of imide groups is 1. The number of alkyl halides is 6. The second-order valence-corrected chi connectivity index (χ2v) is 17.0. The van der Waals surface area contributed by atoms with E-state index in [1.807, 2.05) is 0 Å². The smallest absolute Gasteiger partial charge is 0.331 e. The van der Waals surface area contributed by atoms with E-state index >= 15 is 0 Å². The van der Waals surface area contributed by atoms with E-state index in [9.17, 15) is 45.5 Å². The molecule has 1 aliphatic carbocycles. The number of urea groups is 1. The molecule has 22 heteroatoms. The SMILES string of the molecule is Cn1nc(N2CCC(=O)NC2=O)c2cccc(NC(=O)CN3CCN(CCCC4CCC(N5C(=S)N(c6cnc(C#N)c(C(F)(F)F)c6)C(=O)C5(C)C)CC4)CC3C(F)(F)F)c21. The van der Waals surface area contributed by atoms with E-state index in [1.165, 1.54) is 15.7 Å².